The van der Waals surface area contributed by atoms with Crippen molar-refractivity contribution >= 4 is 32.4 Å². The van der Waals surface area contributed by atoms with Gasteiger partial charge in [0, 0.05) is 22.5 Å². The van der Waals surface area contributed by atoms with Gasteiger partial charge in [-0.15, -0.1) is 11.3 Å². The maximum absolute atomic E-state index is 6.11. The van der Waals surface area contributed by atoms with Gasteiger partial charge in [-0.3, -0.25) is 0 Å². The highest BCUT2D eigenvalue weighted by molar-refractivity contribution is 9.10. The summed E-state index contributed by atoms with van der Waals surface area (Å²) in [6.07, 6.45) is 1.78. The number of fused-ring (bicyclic) bond motifs is 3. The predicted molar refractivity (Wildman–Crippen MR) is 142 cm³/mol. The SMILES string of the molecule is COc1ccc(Cn2c(Br)c3c(c2-c2cc(OC)c(OC)c(OC)c2)CCc2sc(N)nc2-3)cc1. The molecular weight excluding hydrogens is 530 g/mol. The molecule has 0 saturated heterocycles. The van der Waals surface area contributed by atoms with Crippen LogP contribution in [0.3, 0.4) is 0 Å². The van der Waals surface area contributed by atoms with Gasteiger partial charge < -0.3 is 29.2 Å². The molecular formula is C26H26BrN3O4S. The van der Waals surface area contributed by atoms with E-state index in [1.165, 1.54) is 10.4 Å². The molecule has 9 heteroatoms. The minimum absolute atomic E-state index is 0.564. The largest absolute Gasteiger partial charge is 0.497 e. The van der Waals surface area contributed by atoms with Crippen LogP contribution >= 0.6 is 27.3 Å². The minimum Gasteiger partial charge on any atom is -0.497 e. The van der Waals surface area contributed by atoms with Gasteiger partial charge in [0.15, 0.2) is 16.6 Å². The highest BCUT2D eigenvalue weighted by Gasteiger charge is 2.31. The Morgan fingerprint density at radius 2 is 1.66 bits per heavy atom. The molecule has 2 heterocycles. The number of benzene rings is 2. The lowest BCUT2D eigenvalue weighted by Gasteiger charge is -2.18. The maximum Gasteiger partial charge on any atom is 0.203 e. The average molecular weight is 556 g/mol. The second-order valence-corrected chi connectivity index (χ2v) is 10.0. The smallest absolute Gasteiger partial charge is 0.203 e. The summed E-state index contributed by atoms with van der Waals surface area (Å²) >= 11 is 5.49. The zero-order valence-corrected chi connectivity index (χ0v) is 22.4. The van der Waals surface area contributed by atoms with Crippen LogP contribution in [0.1, 0.15) is 16.0 Å². The van der Waals surface area contributed by atoms with Crippen molar-refractivity contribution in [2.24, 2.45) is 0 Å². The first-order valence-corrected chi connectivity index (χ1v) is 12.7. The summed E-state index contributed by atoms with van der Waals surface area (Å²) in [6.45, 7) is 0.651. The lowest BCUT2D eigenvalue weighted by atomic mass is 9.93. The van der Waals surface area contributed by atoms with Gasteiger partial charge in [-0.25, -0.2) is 4.98 Å². The molecule has 7 nitrogen and oxygen atoms in total. The summed E-state index contributed by atoms with van der Waals surface area (Å²) in [4.78, 5) is 5.91. The molecule has 0 radical (unpaired) electrons. The van der Waals surface area contributed by atoms with Crippen LogP contribution in [0.5, 0.6) is 23.0 Å². The Morgan fingerprint density at radius 3 is 2.26 bits per heavy atom. The zero-order chi connectivity index (χ0) is 24.7. The first-order valence-electron chi connectivity index (χ1n) is 11.1. The molecule has 0 amide bonds. The Bertz CT molecular complexity index is 1370. The van der Waals surface area contributed by atoms with Crippen LogP contribution in [0.4, 0.5) is 5.13 Å². The van der Waals surface area contributed by atoms with Crippen LogP contribution in [0.25, 0.3) is 22.5 Å². The van der Waals surface area contributed by atoms with E-state index < -0.39 is 0 Å². The summed E-state index contributed by atoms with van der Waals surface area (Å²) in [5.41, 5.74) is 12.6. The van der Waals surface area contributed by atoms with E-state index in [4.69, 9.17) is 29.7 Å². The second-order valence-electron chi connectivity index (χ2n) is 8.17. The highest BCUT2D eigenvalue weighted by Crippen LogP contribution is 2.49. The van der Waals surface area contributed by atoms with Crippen molar-refractivity contribution in [3.63, 3.8) is 0 Å². The van der Waals surface area contributed by atoms with Crippen molar-refractivity contribution in [2.75, 3.05) is 34.2 Å². The number of anilines is 1. The lowest BCUT2D eigenvalue weighted by Crippen LogP contribution is -2.05. The van der Waals surface area contributed by atoms with Gasteiger partial charge in [-0.1, -0.05) is 12.1 Å². The normalized spacial score (nSPS) is 12.1. The van der Waals surface area contributed by atoms with E-state index in [0.29, 0.717) is 28.9 Å². The molecule has 35 heavy (non-hydrogen) atoms. The number of rotatable bonds is 7. The number of aromatic nitrogens is 2. The molecule has 1 aliphatic rings. The fraction of sp³-hybridized carbons (Fsp3) is 0.269. The molecule has 182 valence electrons. The number of hydrogen-bond acceptors (Lipinski definition) is 7. The number of nitrogen functional groups attached to an aromatic ring is 1. The number of halogens is 1. The van der Waals surface area contributed by atoms with Crippen molar-refractivity contribution < 1.29 is 18.9 Å². The first-order chi connectivity index (χ1) is 17.0. The summed E-state index contributed by atoms with van der Waals surface area (Å²) in [6, 6.07) is 12.1. The number of ether oxygens (including phenoxy) is 4. The molecule has 0 unspecified atom stereocenters. The van der Waals surface area contributed by atoms with Crippen molar-refractivity contribution in [1.82, 2.24) is 9.55 Å². The minimum atomic E-state index is 0.564. The first kappa shape index (κ1) is 23.6. The molecule has 0 aliphatic heterocycles. The molecule has 0 spiro atoms. The summed E-state index contributed by atoms with van der Waals surface area (Å²) in [7, 11) is 6.55. The Labute approximate surface area is 216 Å². The summed E-state index contributed by atoms with van der Waals surface area (Å²) < 4.78 is 25.5. The third kappa shape index (κ3) is 4.02. The second kappa shape index (κ2) is 9.47. The van der Waals surface area contributed by atoms with E-state index in [1.807, 2.05) is 24.3 Å². The quantitative estimate of drug-likeness (QED) is 0.310. The molecule has 5 rings (SSSR count). The monoisotopic (exact) mass is 555 g/mol. The standard InChI is InChI=1S/C26H26BrN3O4S/c1-31-16-7-5-14(6-8-16)13-30-23(15-11-18(32-2)24(34-4)19(12-15)33-3)17-9-10-20-22(21(17)25(30)27)29-26(28)35-20/h5-8,11-12H,9-10,13H2,1-4H3,(H2,28,29). The van der Waals surface area contributed by atoms with Crippen LogP contribution in [0, 0.1) is 0 Å². The Balaban J connectivity index is 1.75. The lowest BCUT2D eigenvalue weighted by molar-refractivity contribution is 0.324. The predicted octanol–water partition coefficient (Wildman–Crippen LogP) is 5.80. The maximum atomic E-state index is 6.11. The number of methoxy groups -OCH3 is 4. The Morgan fingerprint density at radius 1 is 0.971 bits per heavy atom. The molecule has 0 bridgehead atoms. The number of nitrogens with two attached hydrogens (primary N) is 1. The Hall–Kier alpha value is -3.17. The van der Waals surface area contributed by atoms with Crippen molar-refractivity contribution in [1.29, 1.82) is 0 Å². The highest BCUT2D eigenvalue weighted by atomic mass is 79.9. The van der Waals surface area contributed by atoms with Gasteiger partial charge in [-0.05, 0) is 64.2 Å². The van der Waals surface area contributed by atoms with Crippen molar-refractivity contribution in [3.8, 4) is 45.5 Å². The van der Waals surface area contributed by atoms with Gasteiger partial charge in [0.2, 0.25) is 5.75 Å². The van der Waals surface area contributed by atoms with Crippen molar-refractivity contribution in [2.45, 2.75) is 19.4 Å². The zero-order valence-electron chi connectivity index (χ0n) is 20.0. The van der Waals surface area contributed by atoms with Gasteiger partial charge in [0.25, 0.3) is 0 Å². The summed E-state index contributed by atoms with van der Waals surface area (Å²) in [5.74, 6) is 2.61. The molecule has 0 fully saturated rings. The molecule has 0 atom stereocenters. The molecule has 1 aliphatic carbocycles. The van der Waals surface area contributed by atoms with E-state index in [1.54, 1.807) is 39.8 Å². The number of nitrogens with zero attached hydrogens (tertiary/aromatic N) is 2. The summed E-state index contributed by atoms with van der Waals surface area (Å²) in [5, 5.41) is 0.590. The van der Waals surface area contributed by atoms with E-state index in [2.05, 4.69) is 32.6 Å². The third-order valence-electron chi connectivity index (χ3n) is 6.29. The van der Waals surface area contributed by atoms with Crippen molar-refractivity contribution in [3.05, 3.63) is 57.0 Å². The molecule has 0 saturated carbocycles. The topological polar surface area (TPSA) is 80.8 Å². The van der Waals surface area contributed by atoms with Crippen LogP contribution in [-0.4, -0.2) is 38.0 Å². The average Bonchev–Trinajstić information content (AvgIpc) is 3.39. The van der Waals surface area contributed by atoms with Crippen LogP contribution < -0.4 is 24.7 Å². The molecule has 2 N–H and O–H groups in total. The molecule has 4 aromatic rings. The van der Waals surface area contributed by atoms with E-state index in [-0.39, 0.29) is 0 Å². The molecule has 2 aromatic heterocycles. The van der Waals surface area contributed by atoms with Gasteiger partial charge in [0.1, 0.15) is 5.75 Å². The number of thiazole rings is 1. The molecule has 2 aromatic carbocycles. The third-order valence-corrected chi connectivity index (χ3v) is 8.06. The van der Waals surface area contributed by atoms with E-state index in [9.17, 15) is 0 Å². The van der Waals surface area contributed by atoms with Crippen LogP contribution in [0.15, 0.2) is 41.0 Å². The van der Waals surface area contributed by atoms with E-state index in [0.717, 1.165) is 51.3 Å². The van der Waals surface area contributed by atoms with Gasteiger partial charge >= 0.3 is 0 Å². The van der Waals surface area contributed by atoms with Crippen LogP contribution in [0.2, 0.25) is 0 Å². The number of hydrogen-bond donors (Lipinski definition) is 1. The van der Waals surface area contributed by atoms with Gasteiger partial charge in [0.05, 0.1) is 44.4 Å². The van der Waals surface area contributed by atoms with E-state index >= 15 is 0 Å². The van der Waals surface area contributed by atoms with Crippen LogP contribution in [-0.2, 0) is 19.4 Å². The number of aryl methyl sites for hydroxylation is 1. The Kier molecular flexibility index (Phi) is 6.37. The fourth-order valence-electron chi connectivity index (χ4n) is 4.71. The fourth-order valence-corrected chi connectivity index (χ4v) is 6.27. The van der Waals surface area contributed by atoms with Gasteiger partial charge in [-0.2, -0.15) is 0 Å².